The Labute approximate surface area is 162 Å². The number of nitrogens with zero attached hydrogens (tertiary/aromatic N) is 1. The van der Waals surface area contributed by atoms with Crippen molar-refractivity contribution in [2.24, 2.45) is 0 Å². The van der Waals surface area contributed by atoms with Gasteiger partial charge in [0, 0.05) is 17.4 Å². The van der Waals surface area contributed by atoms with Gasteiger partial charge in [-0.05, 0) is 61.4 Å². The first-order valence-corrected chi connectivity index (χ1v) is 8.72. The Kier molecular flexibility index (Phi) is 5.52. The van der Waals surface area contributed by atoms with Gasteiger partial charge in [0.25, 0.3) is 11.8 Å². The molecular formula is C21H18ClN3O2. The average molecular weight is 380 g/mol. The maximum Gasteiger partial charge on any atom is 0.274 e. The van der Waals surface area contributed by atoms with Gasteiger partial charge in [0.05, 0.1) is 10.7 Å². The van der Waals surface area contributed by atoms with Gasteiger partial charge in [-0.25, -0.2) is 0 Å². The van der Waals surface area contributed by atoms with Crippen molar-refractivity contribution in [2.75, 3.05) is 10.6 Å². The smallest absolute Gasteiger partial charge is 0.274 e. The van der Waals surface area contributed by atoms with E-state index in [0.29, 0.717) is 22.0 Å². The fourth-order valence-electron chi connectivity index (χ4n) is 2.69. The number of carbonyl (C=O) groups is 2. The van der Waals surface area contributed by atoms with Crippen molar-refractivity contribution in [2.45, 2.75) is 13.8 Å². The molecule has 0 radical (unpaired) electrons. The van der Waals surface area contributed by atoms with Crippen molar-refractivity contribution in [3.05, 3.63) is 88.2 Å². The number of rotatable bonds is 4. The van der Waals surface area contributed by atoms with Crippen molar-refractivity contribution in [1.82, 2.24) is 4.98 Å². The number of anilines is 2. The summed E-state index contributed by atoms with van der Waals surface area (Å²) in [4.78, 5) is 29.0. The number of hydrogen-bond acceptors (Lipinski definition) is 3. The molecule has 0 unspecified atom stereocenters. The van der Waals surface area contributed by atoms with Crippen LogP contribution >= 0.6 is 11.6 Å². The summed E-state index contributed by atoms with van der Waals surface area (Å²) in [5.74, 6) is -0.752. The third-order valence-corrected chi connectivity index (χ3v) is 4.19. The Morgan fingerprint density at radius 1 is 0.889 bits per heavy atom. The molecule has 2 amide bonds. The second-order valence-electron chi connectivity index (χ2n) is 6.19. The average Bonchev–Trinajstić information content (AvgIpc) is 2.63. The van der Waals surface area contributed by atoms with Crippen LogP contribution in [-0.2, 0) is 0 Å². The van der Waals surface area contributed by atoms with Gasteiger partial charge in [-0.2, -0.15) is 0 Å². The predicted octanol–water partition coefficient (Wildman–Crippen LogP) is 4.86. The standard InChI is InChI=1S/C21H18ClN3O2/c1-13-9-14(2)11-16(10-13)24-20(26)15-7-8-23-19(12-15)21(27)25-18-6-4-3-5-17(18)22/h3-12H,1-2H3,(H,24,26)(H,25,27). The summed E-state index contributed by atoms with van der Waals surface area (Å²) in [5.41, 5.74) is 3.77. The van der Waals surface area contributed by atoms with E-state index in [-0.39, 0.29) is 11.6 Å². The molecule has 0 aliphatic carbocycles. The highest BCUT2D eigenvalue weighted by Gasteiger charge is 2.13. The fraction of sp³-hybridized carbons (Fsp3) is 0.0952. The van der Waals surface area contributed by atoms with Crippen LogP contribution in [0.2, 0.25) is 5.02 Å². The third-order valence-electron chi connectivity index (χ3n) is 3.86. The highest BCUT2D eigenvalue weighted by Crippen LogP contribution is 2.21. The van der Waals surface area contributed by atoms with Crippen molar-refractivity contribution in [3.8, 4) is 0 Å². The van der Waals surface area contributed by atoms with Crippen LogP contribution in [0.5, 0.6) is 0 Å². The zero-order chi connectivity index (χ0) is 19.4. The van der Waals surface area contributed by atoms with Crippen LogP contribution in [0.15, 0.2) is 60.8 Å². The van der Waals surface area contributed by atoms with Gasteiger partial charge >= 0.3 is 0 Å². The van der Waals surface area contributed by atoms with Gasteiger partial charge in [-0.1, -0.05) is 29.8 Å². The minimum atomic E-state index is -0.441. The molecule has 0 spiro atoms. The van der Waals surface area contributed by atoms with E-state index in [2.05, 4.69) is 15.6 Å². The van der Waals surface area contributed by atoms with Crippen LogP contribution < -0.4 is 10.6 Å². The lowest BCUT2D eigenvalue weighted by atomic mass is 10.1. The fourth-order valence-corrected chi connectivity index (χ4v) is 2.88. The number of amides is 2. The van der Waals surface area contributed by atoms with Gasteiger partial charge in [-0.3, -0.25) is 14.6 Å². The molecule has 0 bridgehead atoms. The number of pyridine rings is 1. The molecular weight excluding hydrogens is 362 g/mol. The van der Waals surface area contributed by atoms with Gasteiger partial charge in [0.1, 0.15) is 5.69 Å². The molecule has 1 heterocycles. The van der Waals surface area contributed by atoms with E-state index < -0.39 is 5.91 Å². The van der Waals surface area contributed by atoms with Crippen molar-refractivity contribution >= 4 is 34.8 Å². The molecule has 27 heavy (non-hydrogen) atoms. The van der Waals surface area contributed by atoms with E-state index >= 15 is 0 Å². The largest absolute Gasteiger partial charge is 0.322 e. The van der Waals surface area contributed by atoms with Crippen LogP contribution in [-0.4, -0.2) is 16.8 Å². The quantitative estimate of drug-likeness (QED) is 0.680. The minimum absolute atomic E-state index is 0.128. The maximum atomic E-state index is 12.5. The first-order chi connectivity index (χ1) is 12.9. The van der Waals surface area contributed by atoms with Gasteiger partial charge in [0.15, 0.2) is 0 Å². The number of halogens is 1. The Hall–Kier alpha value is -3.18. The highest BCUT2D eigenvalue weighted by molar-refractivity contribution is 6.33. The molecule has 0 atom stereocenters. The molecule has 2 aromatic carbocycles. The van der Waals surface area contributed by atoms with E-state index in [1.165, 1.54) is 12.3 Å². The molecule has 2 N–H and O–H groups in total. The minimum Gasteiger partial charge on any atom is -0.322 e. The summed E-state index contributed by atoms with van der Waals surface area (Å²) in [7, 11) is 0. The van der Waals surface area contributed by atoms with Crippen LogP contribution in [0.3, 0.4) is 0 Å². The Bertz CT molecular complexity index is 998. The highest BCUT2D eigenvalue weighted by atomic mass is 35.5. The van der Waals surface area contributed by atoms with Crippen LogP contribution in [0, 0.1) is 13.8 Å². The molecule has 3 aromatic rings. The molecule has 0 fully saturated rings. The summed E-state index contributed by atoms with van der Waals surface area (Å²) in [6.07, 6.45) is 1.43. The van der Waals surface area contributed by atoms with Crippen molar-refractivity contribution < 1.29 is 9.59 Å². The van der Waals surface area contributed by atoms with E-state index in [4.69, 9.17) is 11.6 Å². The number of carbonyl (C=O) groups excluding carboxylic acids is 2. The number of aryl methyl sites for hydroxylation is 2. The normalized spacial score (nSPS) is 10.3. The zero-order valence-electron chi connectivity index (χ0n) is 14.9. The number of aromatic nitrogens is 1. The number of benzene rings is 2. The van der Waals surface area contributed by atoms with Gasteiger partial charge < -0.3 is 10.6 Å². The van der Waals surface area contributed by atoms with Gasteiger partial charge in [-0.15, -0.1) is 0 Å². The lowest BCUT2D eigenvalue weighted by molar-refractivity contribution is 0.102. The predicted molar refractivity (Wildman–Crippen MR) is 108 cm³/mol. The second kappa shape index (κ2) is 8.01. The van der Waals surface area contributed by atoms with E-state index in [1.54, 1.807) is 30.3 Å². The Morgan fingerprint density at radius 2 is 1.59 bits per heavy atom. The molecule has 0 saturated heterocycles. The third kappa shape index (κ3) is 4.71. The van der Waals surface area contributed by atoms with Crippen LogP contribution in [0.4, 0.5) is 11.4 Å². The summed E-state index contributed by atoms with van der Waals surface area (Å²) in [6, 6.07) is 15.7. The first-order valence-electron chi connectivity index (χ1n) is 8.34. The van der Waals surface area contributed by atoms with Gasteiger partial charge in [0.2, 0.25) is 0 Å². The van der Waals surface area contributed by atoms with E-state index in [0.717, 1.165) is 11.1 Å². The lowest BCUT2D eigenvalue weighted by Gasteiger charge is -2.09. The first kappa shape index (κ1) is 18.6. The lowest BCUT2D eigenvalue weighted by Crippen LogP contribution is -2.17. The molecule has 1 aromatic heterocycles. The molecule has 0 aliphatic rings. The number of nitrogens with one attached hydrogen (secondary N) is 2. The molecule has 5 nitrogen and oxygen atoms in total. The molecule has 3 rings (SSSR count). The monoisotopic (exact) mass is 379 g/mol. The molecule has 0 saturated carbocycles. The van der Waals surface area contributed by atoms with Crippen molar-refractivity contribution in [1.29, 1.82) is 0 Å². The van der Waals surface area contributed by atoms with Crippen molar-refractivity contribution in [3.63, 3.8) is 0 Å². The Morgan fingerprint density at radius 3 is 2.30 bits per heavy atom. The Balaban J connectivity index is 1.77. The summed E-state index contributed by atoms with van der Waals surface area (Å²) >= 11 is 6.05. The molecule has 0 aliphatic heterocycles. The molecule has 136 valence electrons. The zero-order valence-corrected chi connectivity index (χ0v) is 15.7. The summed E-state index contributed by atoms with van der Waals surface area (Å²) in [6.45, 7) is 3.93. The summed E-state index contributed by atoms with van der Waals surface area (Å²) in [5, 5.41) is 5.96. The van der Waals surface area contributed by atoms with Crippen LogP contribution in [0.1, 0.15) is 32.0 Å². The van der Waals surface area contributed by atoms with E-state index in [1.807, 2.05) is 32.0 Å². The van der Waals surface area contributed by atoms with E-state index in [9.17, 15) is 9.59 Å². The maximum absolute atomic E-state index is 12.5. The summed E-state index contributed by atoms with van der Waals surface area (Å²) < 4.78 is 0. The number of para-hydroxylation sites is 1. The number of hydrogen-bond donors (Lipinski definition) is 2. The SMILES string of the molecule is Cc1cc(C)cc(NC(=O)c2ccnc(C(=O)Nc3ccccc3Cl)c2)c1. The second-order valence-corrected chi connectivity index (χ2v) is 6.60. The van der Waals surface area contributed by atoms with Crippen LogP contribution in [0.25, 0.3) is 0 Å². The molecule has 6 heteroatoms. The topological polar surface area (TPSA) is 71.1 Å².